The minimum atomic E-state index is 0. The number of carbonyl (C=O) groups is 1. The van der Waals surface area contributed by atoms with Gasteiger partial charge in [0, 0.05) is 32.1 Å². The van der Waals surface area contributed by atoms with Gasteiger partial charge in [0.2, 0.25) is 5.91 Å². The van der Waals surface area contributed by atoms with Crippen LogP contribution in [0.2, 0.25) is 5.02 Å². The lowest BCUT2D eigenvalue weighted by atomic mass is 9.91. The molecular weight excluding hydrogens is 381 g/mol. The van der Waals surface area contributed by atoms with E-state index in [0.717, 1.165) is 56.4 Å². The Morgan fingerprint density at radius 2 is 1.72 bits per heavy atom. The van der Waals surface area contributed by atoms with Crippen LogP contribution in [0.15, 0.2) is 24.3 Å². The molecule has 0 bridgehead atoms. The number of benzene rings is 1. The molecule has 7 heteroatoms. The molecule has 25 heavy (non-hydrogen) atoms. The van der Waals surface area contributed by atoms with Gasteiger partial charge in [0.25, 0.3) is 0 Å². The van der Waals surface area contributed by atoms with Gasteiger partial charge in [0.05, 0.1) is 10.7 Å². The van der Waals surface area contributed by atoms with E-state index in [1.165, 1.54) is 12.8 Å². The standard InChI is InChI=1S/C18H24ClN3O.2ClH/c19-15-3-1-2-4-16(15)21-9-11-22(12-10-21)17(23)14-13-18(14)5-7-20-8-6-18;;/h1-4,14,20H,5-13H2;2*1H. The summed E-state index contributed by atoms with van der Waals surface area (Å²) in [6, 6.07) is 7.96. The van der Waals surface area contributed by atoms with Crippen molar-refractivity contribution in [2.24, 2.45) is 11.3 Å². The van der Waals surface area contributed by atoms with Crippen molar-refractivity contribution in [3.63, 3.8) is 0 Å². The zero-order valence-corrected chi connectivity index (χ0v) is 16.6. The number of hydrogen-bond acceptors (Lipinski definition) is 3. The Hall–Kier alpha value is -0.680. The second-order valence-electron chi connectivity index (χ2n) is 7.13. The van der Waals surface area contributed by atoms with Gasteiger partial charge in [-0.1, -0.05) is 23.7 Å². The highest BCUT2D eigenvalue weighted by molar-refractivity contribution is 6.33. The van der Waals surface area contributed by atoms with Crippen LogP contribution in [0.5, 0.6) is 0 Å². The monoisotopic (exact) mass is 405 g/mol. The van der Waals surface area contributed by atoms with Crippen LogP contribution in [0.4, 0.5) is 5.69 Å². The first-order valence-electron chi connectivity index (χ1n) is 8.69. The topological polar surface area (TPSA) is 35.6 Å². The molecule has 4 nitrogen and oxygen atoms in total. The Morgan fingerprint density at radius 1 is 1.08 bits per heavy atom. The van der Waals surface area contributed by atoms with E-state index in [4.69, 9.17) is 11.6 Å². The van der Waals surface area contributed by atoms with Crippen molar-refractivity contribution in [1.82, 2.24) is 10.2 Å². The Labute approximate surface area is 167 Å². The summed E-state index contributed by atoms with van der Waals surface area (Å²) in [5.74, 6) is 0.683. The van der Waals surface area contributed by atoms with E-state index in [2.05, 4.69) is 21.2 Å². The Bertz CT molecular complexity index is 599. The number of carbonyl (C=O) groups excluding carboxylic acids is 1. The molecule has 1 atom stereocenters. The van der Waals surface area contributed by atoms with Crippen LogP contribution < -0.4 is 10.2 Å². The Kier molecular flexibility index (Phi) is 6.88. The van der Waals surface area contributed by atoms with Crippen LogP contribution in [-0.2, 0) is 4.79 Å². The van der Waals surface area contributed by atoms with Crippen molar-refractivity contribution in [3.05, 3.63) is 29.3 Å². The van der Waals surface area contributed by atoms with Crippen molar-refractivity contribution in [2.45, 2.75) is 19.3 Å². The van der Waals surface area contributed by atoms with Crippen molar-refractivity contribution in [3.8, 4) is 0 Å². The Morgan fingerprint density at radius 3 is 2.36 bits per heavy atom. The normalized spacial score (nSPS) is 24.3. The number of nitrogens with zero attached hydrogens (tertiary/aromatic N) is 2. The number of hydrogen-bond donors (Lipinski definition) is 1. The average Bonchev–Trinajstić information content (AvgIpc) is 3.28. The molecule has 1 spiro atoms. The highest BCUT2D eigenvalue weighted by Crippen LogP contribution is 2.59. The second-order valence-corrected chi connectivity index (χ2v) is 7.54. The van der Waals surface area contributed by atoms with Gasteiger partial charge in [-0.05, 0) is 49.9 Å². The summed E-state index contributed by atoms with van der Waals surface area (Å²) in [6.07, 6.45) is 3.45. The molecule has 2 saturated heterocycles. The fraction of sp³-hybridized carbons (Fsp3) is 0.611. The van der Waals surface area contributed by atoms with E-state index in [1.807, 2.05) is 18.2 Å². The van der Waals surface area contributed by atoms with Crippen molar-refractivity contribution in [1.29, 1.82) is 0 Å². The van der Waals surface area contributed by atoms with E-state index >= 15 is 0 Å². The van der Waals surface area contributed by atoms with Crippen molar-refractivity contribution < 1.29 is 4.79 Å². The number of anilines is 1. The molecular formula is C18H26Cl3N3O. The highest BCUT2D eigenvalue weighted by Gasteiger charge is 2.58. The molecule has 3 fully saturated rings. The maximum atomic E-state index is 12.8. The molecule has 140 valence electrons. The van der Waals surface area contributed by atoms with Crippen molar-refractivity contribution in [2.75, 3.05) is 44.2 Å². The first-order valence-corrected chi connectivity index (χ1v) is 9.06. The molecule has 0 radical (unpaired) electrons. The van der Waals surface area contributed by atoms with Gasteiger partial charge in [0.15, 0.2) is 0 Å². The van der Waals surface area contributed by atoms with E-state index in [1.54, 1.807) is 0 Å². The molecule has 1 amide bonds. The molecule has 1 aliphatic carbocycles. The molecule has 4 rings (SSSR count). The number of halogens is 3. The summed E-state index contributed by atoms with van der Waals surface area (Å²) in [5, 5.41) is 4.20. The third-order valence-corrected chi connectivity index (χ3v) is 6.19. The van der Waals surface area contributed by atoms with Crippen LogP contribution in [0.25, 0.3) is 0 Å². The van der Waals surface area contributed by atoms with Crippen LogP contribution in [0, 0.1) is 11.3 Å². The van der Waals surface area contributed by atoms with E-state index in [0.29, 0.717) is 11.3 Å². The van der Waals surface area contributed by atoms with Crippen molar-refractivity contribution >= 4 is 48.0 Å². The lowest BCUT2D eigenvalue weighted by molar-refractivity contribution is -0.133. The summed E-state index contributed by atoms with van der Waals surface area (Å²) in [7, 11) is 0. The first kappa shape index (κ1) is 20.6. The predicted molar refractivity (Wildman–Crippen MR) is 107 cm³/mol. The molecule has 1 aromatic carbocycles. The largest absolute Gasteiger partial charge is 0.367 e. The molecule has 0 aromatic heterocycles. The van der Waals surface area contributed by atoms with Crippen LogP contribution in [0.3, 0.4) is 0 Å². The fourth-order valence-corrected chi connectivity index (χ4v) is 4.53. The summed E-state index contributed by atoms with van der Waals surface area (Å²) in [6.45, 7) is 5.52. The number of piperazine rings is 1. The third-order valence-electron chi connectivity index (χ3n) is 5.87. The van der Waals surface area contributed by atoms with E-state index in [-0.39, 0.29) is 30.7 Å². The fourth-order valence-electron chi connectivity index (χ4n) is 4.27. The lowest BCUT2D eigenvalue weighted by Gasteiger charge is -2.37. The number of amides is 1. The summed E-state index contributed by atoms with van der Waals surface area (Å²) < 4.78 is 0. The number of para-hydroxylation sites is 1. The minimum absolute atomic E-state index is 0. The average molecular weight is 407 g/mol. The summed E-state index contributed by atoms with van der Waals surface area (Å²) in [4.78, 5) is 17.2. The van der Waals surface area contributed by atoms with E-state index < -0.39 is 0 Å². The zero-order chi connectivity index (χ0) is 15.9. The zero-order valence-electron chi connectivity index (χ0n) is 14.2. The van der Waals surface area contributed by atoms with Gasteiger partial charge < -0.3 is 15.1 Å². The van der Waals surface area contributed by atoms with Crippen LogP contribution in [-0.4, -0.2) is 50.1 Å². The molecule has 3 aliphatic rings. The highest BCUT2D eigenvalue weighted by atomic mass is 35.5. The van der Waals surface area contributed by atoms with Gasteiger partial charge in [-0.2, -0.15) is 0 Å². The molecule has 1 unspecified atom stereocenters. The third kappa shape index (κ3) is 4.02. The number of nitrogens with one attached hydrogen (secondary N) is 1. The lowest BCUT2D eigenvalue weighted by Crippen LogP contribution is -2.50. The smallest absolute Gasteiger partial charge is 0.226 e. The number of piperidine rings is 1. The maximum absolute atomic E-state index is 12.8. The molecule has 1 saturated carbocycles. The second kappa shape index (κ2) is 8.34. The minimum Gasteiger partial charge on any atom is -0.367 e. The van der Waals surface area contributed by atoms with Gasteiger partial charge in [0.1, 0.15) is 0 Å². The quantitative estimate of drug-likeness (QED) is 0.819. The van der Waals surface area contributed by atoms with Crippen LogP contribution >= 0.6 is 36.4 Å². The molecule has 1 N–H and O–H groups in total. The van der Waals surface area contributed by atoms with Gasteiger partial charge >= 0.3 is 0 Å². The Balaban J connectivity index is 0.00000113. The molecule has 2 aliphatic heterocycles. The number of rotatable bonds is 2. The van der Waals surface area contributed by atoms with Gasteiger partial charge in [-0.25, -0.2) is 0 Å². The van der Waals surface area contributed by atoms with Crippen LogP contribution in [0.1, 0.15) is 19.3 Å². The SMILES string of the molecule is Cl.Cl.O=C(C1CC12CCNCC2)N1CCN(c2ccccc2Cl)CC1. The van der Waals surface area contributed by atoms with Gasteiger partial charge in [-0.3, -0.25) is 4.79 Å². The molecule has 1 aromatic rings. The predicted octanol–water partition coefficient (Wildman–Crippen LogP) is 3.22. The van der Waals surface area contributed by atoms with E-state index in [9.17, 15) is 4.79 Å². The summed E-state index contributed by atoms with van der Waals surface area (Å²) >= 11 is 6.29. The van der Waals surface area contributed by atoms with Gasteiger partial charge in [-0.15, -0.1) is 24.8 Å². The first-order chi connectivity index (χ1) is 11.2. The maximum Gasteiger partial charge on any atom is 0.226 e. The molecule has 2 heterocycles. The summed E-state index contributed by atoms with van der Waals surface area (Å²) in [5.41, 5.74) is 1.42.